The highest BCUT2D eigenvalue weighted by atomic mass is 35.5. The Morgan fingerprint density at radius 2 is 2.12 bits per heavy atom. The summed E-state index contributed by atoms with van der Waals surface area (Å²) in [6.45, 7) is 3.05. The van der Waals surface area contributed by atoms with Crippen LogP contribution in [0.1, 0.15) is 26.2 Å². The third kappa shape index (κ3) is 3.66. The monoisotopic (exact) mass is 384 g/mol. The third-order valence-corrected chi connectivity index (χ3v) is 6.41. The molecule has 1 aliphatic carbocycles. The predicted octanol–water partition coefficient (Wildman–Crippen LogP) is 3.34. The number of thioether (sulfide) groups is 1. The number of para-hydroxylation sites is 1. The lowest BCUT2D eigenvalue weighted by molar-refractivity contribution is -0.149. The number of carboxylic acids is 1. The Hall–Kier alpha value is -1.24. The Balaban J connectivity index is 0.00000225. The standard InChI is InChI=1S/C18H24N2O3S.ClH/c1-12(16(21)19-14-7-3-4-8-15(14)24-2)20-10-13-6-5-9-18(13,11-20)17(22)23;/h3-4,7-8,12-13H,5-6,9-11H2,1-2H3,(H,19,21)(H,22,23);1H/t12?,13-,18+;/m0./s1. The molecule has 0 radical (unpaired) electrons. The lowest BCUT2D eigenvalue weighted by Gasteiger charge is -2.26. The zero-order valence-electron chi connectivity index (χ0n) is 14.5. The smallest absolute Gasteiger partial charge is 0.311 e. The van der Waals surface area contributed by atoms with Crippen molar-refractivity contribution in [2.75, 3.05) is 24.7 Å². The van der Waals surface area contributed by atoms with Gasteiger partial charge in [-0.15, -0.1) is 24.2 Å². The molecule has 1 aromatic rings. The highest BCUT2D eigenvalue weighted by molar-refractivity contribution is 7.98. The molecular formula is C18H25ClN2O3S. The maximum Gasteiger partial charge on any atom is 0.311 e. The van der Waals surface area contributed by atoms with Gasteiger partial charge in [0.25, 0.3) is 0 Å². The molecule has 2 N–H and O–H groups in total. The molecule has 1 aromatic carbocycles. The Kier molecular flexibility index (Phi) is 6.40. The van der Waals surface area contributed by atoms with Crippen LogP contribution in [-0.4, -0.2) is 47.3 Å². The van der Waals surface area contributed by atoms with E-state index < -0.39 is 11.4 Å². The van der Waals surface area contributed by atoms with Crippen LogP contribution in [0, 0.1) is 11.3 Å². The number of likely N-dealkylation sites (tertiary alicyclic amines) is 1. The summed E-state index contributed by atoms with van der Waals surface area (Å²) >= 11 is 1.59. The second-order valence-electron chi connectivity index (χ2n) is 6.85. The highest BCUT2D eigenvalue weighted by Crippen LogP contribution is 2.49. The Bertz CT molecular complexity index is 657. The number of rotatable bonds is 5. The van der Waals surface area contributed by atoms with E-state index >= 15 is 0 Å². The van der Waals surface area contributed by atoms with Gasteiger partial charge in [-0.2, -0.15) is 0 Å². The molecule has 7 heteroatoms. The summed E-state index contributed by atoms with van der Waals surface area (Å²) in [5.41, 5.74) is 0.167. The zero-order chi connectivity index (χ0) is 17.3. The second-order valence-corrected chi connectivity index (χ2v) is 7.69. The fourth-order valence-electron chi connectivity index (χ4n) is 4.12. The summed E-state index contributed by atoms with van der Waals surface area (Å²) in [4.78, 5) is 27.5. The predicted molar refractivity (Wildman–Crippen MR) is 103 cm³/mol. The number of carboxylic acid groups (broad SMARTS) is 1. The maximum atomic E-state index is 12.7. The minimum Gasteiger partial charge on any atom is -0.481 e. The lowest BCUT2D eigenvalue weighted by Crippen LogP contribution is -2.43. The van der Waals surface area contributed by atoms with Crippen LogP contribution in [0.15, 0.2) is 29.2 Å². The number of hydrogen-bond acceptors (Lipinski definition) is 4. The number of hydrogen-bond donors (Lipinski definition) is 2. The van der Waals surface area contributed by atoms with Crippen molar-refractivity contribution in [2.24, 2.45) is 11.3 Å². The number of fused-ring (bicyclic) bond motifs is 1. The van der Waals surface area contributed by atoms with Crippen LogP contribution in [-0.2, 0) is 9.59 Å². The van der Waals surface area contributed by atoms with Crippen molar-refractivity contribution >= 4 is 41.7 Å². The van der Waals surface area contributed by atoms with Gasteiger partial charge in [-0.25, -0.2) is 0 Å². The van der Waals surface area contributed by atoms with Gasteiger partial charge in [0.05, 0.1) is 17.1 Å². The van der Waals surface area contributed by atoms with E-state index in [4.69, 9.17) is 0 Å². The topological polar surface area (TPSA) is 69.6 Å². The van der Waals surface area contributed by atoms with Crippen molar-refractivity contribution in [3.63, 3.8) is 0 Å². The van der Waals surface area contributed by atoms with Crippen molar-refractivity contribution in [2.45, 2.75) is 37.1 Å². The first-order valence-corrected chi connectivity index (χ1v) is 9.62. The molecule has 1 unspecified atom stereocenters. The number of benzene rings is 1. The summed E-state index contributed by atoms with van der Waals surface area (Å²) in [5, 5.41) is 12.7. The van der Waals surface area contributed by atoms with Gasteiger partial charge < -0.3 is 10.4 Å². The van der Waals surface area contributed by atoms with Gasteiger partial charge in [-0.3, -0.25) is 14.5 Å². The molecule has 0 bridgehead atoms. The number of halogens is 1. The maximum absolute atomic E-state index is 12.7. The van der Waals surface area contributed by atoms with Gasteiger partial charge in [0.2, 0.25) is 5.91 Å². The van der Waals surface area contributed by atoms with Crippen LogP contribution >= 0.6 is 24.2 Å². The number of nitrogens with zero attached hydrogens (tertiary/aromatic N) is 1. The van der Waals surface area contributed by atoms with Crippen molar-refractivity contribution in [1.82, 2.24) is 4.90 Å². The summed E-state index contributed by atoms with van der Waals surface area (Å²) in [6, 6.07) is 7.39. The van der Waals surface area contributed by atoms with Crippen LogP contribution in [0.25, 0.3) is 0 Å². The molecule has 25 heavy (non-hydrogen) atoms. The number of nitrogens with one attached hydrogen (secondary N) is 1. The molecule has 138 valence electrons. The molecule has 3 atom stereocenters. The van der Waals surface area contributed by atoms with E-state index in [1.807, 2.05) is 42.3 Å². The molecule has 1 aliphatic heterocycles. The lowest BCUT2D eigenvalue weighted by atomic mass is 9.81. The van der Waals surface area contributed by atoms with E-state index in [-0.39, 0.29) is 30.3 Å². The van der Waals surface area contributed by atoms with Crippen LogP contribution in [0.3, 0.4) is 0 Å². The number of carbonyl (C=O) groups excluding carboxylic acids is 1. The number of anilines is 1. The average molecular weight is 385 g/mol. The molecule has 1 heterocycles. The minimum atomic E-state index is -0.701. The fraction of sp³-hybridized carbons (Fsp3) is 0.556. The molecule has 5 nitrogen and oxygen atoms in total. The Morgan fingerprint density at radius 3 is 2.76 bits per heavy atom. The molecular weight excluding hydrogens is 360 g/mol. The first kappa shape index (κ1) is 20.1. The molecule has 2 fully saturated rings. The van der Waals surface area contributed by atoms with Crippen LogP contribution < -0.4 is 5.32 Å². The third-order valence-electron chi connectivity index (χ3n) is 5.62. The Labute approximate surface area is 159 Å². The molecule has 1 saturated heterocycles. The van der Waals surface area contributed by atoms with E-state index in [2.05, 4.69) is 5.32 Å². The Morgan fingerprint density at radius 1 is 1.40 bits per heavy atom. The van der Waals surface area contributed by atoms with E-state index in [1.54, 1.807) is 11.8 Å². The van der Waals surface area contributed by atoms with E-state index in [0.29, 0.717) is 13.1 Å². The normalized spacial score (nSPS) is 26.6. The second kappa shape index (κ2) is 7.98. The first-order chi connectivity index (χ1) is 11.5. The minimum absolute atomic E-state index is 0. The van der Waals surface area contributed by atoms with Gasteiger partial charge in [0, 0.05) is 18.0 Å². The van der Waals surface area contributed by atoms with Crippen LogP contribution in [0.4, 0.5) is 5.69 Å². The van der Waals surface area contributed by atoms with Gasteiger partial charge in [-0.1, -0.05) is 18.6 Å². The van der Waals surface area contributed by atoms with Crippen LogP contribution in [0.2, 0.25) is 0 Å². The molecule has 0 aromatic heterocycles. The largest absolute Gasteiger partial charge is 0.481 e. The SMILES string of the molecule is CSc1ccccc1NC(=O)C(C)N1C[C@@H]2CCC[C@@]2(C(=O)O)C1.Cl. The molecule has 1 amide bonds. The number of amides is 1. The van der Waals surface area contributed by atoms with Gasteiger partial charge in [0.1, 0.15) is 0 Å². The molecule has 1 saturated carbocycles. The fourth-order valence-corrected chi connectivity index (χ4v) is 4.68. The number of carbonyl (C=O) groups is 2. The molecule has 2 aliphatic rings. The molecule has 0 spiro atoms. The van der Waals surface area contributed by atoms with E-state index in [1.165, 1.54) is 0 Å². The summed E-state index contributed by atoms with van der Waals surface area (Å²) in [6.07, 6.45) is 4.64. The van der Waals surface area contributed by atoms with Gasteiger partial charge in [-0.05, 0) is 44.1 Å². The van der Waals surface area contributed by atoms with Crippen LogP contribution in [0.5, 0.6) is 0 Å². The first-order valence-electron chi connectivity index (χ1n) is 8.39. The average Bonchev–Trinajstić information content (AvgIpc) is 3.12. The van der Waals surface area contributed by atoms with Gasteiger partial charge >= 0.3 is 5.97 Å². The van der Waals surface area contributed by atoms with E-state index in [9.17, 15) is 14.7 Å². The summed E-state index contributed by atoms with van der Waals surface area (Å²) in [5.74, 6) is -0.603. The summed E-state index contributed by atoms with van der Waals surface area (Å²) < 4.78 is 0. The summed E-state index contributed by atoms with van der Waals surface area (Å²) in [7, 11) is 0. The van der Waals surface area contributed by atoms with E-state index in [0.717, 1.165) is 29.8 Å². The van der Waals surface area contributed by atoms with Crippen molar-refractivity contribution in [3.8, 4) is 0 Å². The van der Waals surface area contributed by atoms with Crippen molar-refractivity contribution < 1.29 is 14.7 Å². The number of aliphatic carboxylic acids is 1. The van der Waals surface area contributed by atoms with Gasteiger partial charge in [0.15, 0.2) is 0 Å². The van der Waals surface area contributed by atoms with Crippen molar-refractivity contribution in [1.29, 1.82) is 0 Å². The highest BCUT2D eigenvalue weighted by Gasteiger charge is 2.55. The quantitative estimate of drug-likeness (QED) is 0.762. The van der Waals surface area contributed by atoms with Crippen molar-refractivity contribution in [3.05, 3.63) is 24.3 Å². The zero-order valence-corrected chi connectivity index (χ0v) is 16.2. The molecule has 3 rings (SSSR count).